The van der Waals surface area contributed by atoms with Crippen LogP contribution in [0, 0.1) is 0 Å². The van der Waals surface area contributed by atoms with Crippen LogP contribution in [0.25, 0.3) is 0 Å². The number of amides is 2. The predicted octanol–water partition coefficient (Wildman–Crippen LogP) is 2.31. The molecule has 1 aliphatic heterocycles. The van der Waals surface area contributed by atoms with Crippen LogP contribution < -0.4 is 15.0 Å². The minimum atomic E-state index is -0.201. The molecule has 1 N–H and O–H groups in total. The van der Waals surface area contributed by atoms with E-state index in [9.17, 15) is 9.59 Å². The second kappa shape index (κ2) is 7.14. The highest BCUT2D eigenvalue weighted by Gasteiger charge is 2.20. The summed E-state index contributed by atoms with van der Waals surface area (Å²) in [5.74, 6) is 0.440. The number of anilines is 2. The van der Waals surface area contributed by atoms with Crippen LogP contribution in [-0.4, -0.2) is 38.7 Å². The summed E-state index contributed by atoms with van der Waals surface area (Å²) in [6, 6.07) is 14.1. The van der Waals surface area contributed by atoms with Crippen molar-refractivity contribution in [3.05, 3.63) is 54.1 Å². The van der Waals surface area contributed by atoms with Crippen LogP contribution in [0.15, 0.2) is 48.5 Å². The minimum Gasteiger partial charge on any atom is -0.497 e. The zero-order valence-corrected chi connectivity index (χ0v) is 13.3. The first kappa shape index (κ1) is 16.0. The molecule has 24 heavy (non-hydrogen) atoms. The maximum atomic E-state index is 12.2. The van der Waals surface area contributed by atoms with E-state index in [1.54, 1.807) is 48.4 Å². The van der Waals surface area contributed by atoms with Crippen molar-refractivity contribution in [3.63, 3.8) is 0 Å². The van der Waals surface area contributed by atoms with E-state index in [1.807, 2.05) is 12.1 Å². The normalized spacial score (nSPS) is 14.4. The average Bonchev–Trinajstić information content (AvgIpc) is 2.63. The van der Waals surface area contributed by atoms with Crippen molar-refractivity contribution in [2.24, 2.45) is 0 Å². The van der Waals surface area contributed by atoms with Crippen LogP contribution in [0.4, 0.5) is 11.4 Å². The molecule has 3 rings (SSSR count). The zero-order valence-electron chi connectivity index (χ0n) is 13.3. The van der Waals surface area contributed by atoms with Gasteiger partial charge in [-0.15, -0.1) is 0 Å². The fraction of sp³-hybridized carbons (Fsp3) is 0.222. The van der Waals surface area contributed by atoms with Gasteiger partial charge in [0.1, 0.15) is 12.4 Å². The highest BCUT2D eigenvalue weighted by atomic mass is 16.5. The molecule has 1 aliphatic rings. The minimum absolute atomic E-state index is 0.0590. The average molecular weight is 326 g/mol. The van der Waals surface area contributed by atoms with E-state index < -0.39 is 0 Å². The third-order valence-corrected chi connectivity index (χ3v) is 3.77. The fourth-order valence-electron chi connectivity index (χ4n) is 2.46. The summed E-state index contributed by atoms with van der Waals surface area (Å²) in [4.78, 5) is 25.7. The summed E-state index contributed by atoms with van der Waals surface area (Å²) in [6.07, 6.45) is 0. The number of nitrogens with one attached hydrogen (secondary N) is 1. The molecule has 0 spiro atoms. The van der Waals surface area contributed by atoms with E-state index in [2.05, 4.69) is 5.32 Å². The lowest BCUT2D eigenvalue weighted by atomic mass is 10.2. The van der Waals surface area contributed by atoms with Gasteiger partial charge >= 0.3 is 0 Å². The Morgan fingerprint density at radius 3 is 2.46 bits per heavy atom. The molecule has 2 amide bonds. The maximum Gasteiger partial charge on any atom is 0.255 e. The van der Waals surface area contributed by atoms with Crippen LogP contribution in [0.1, 0.15) is 10.4 Å². The van der Waals surface area contributed by atoms with Crippen LogP contribution in [-0.2, 0) is 9.53 Å². The van der Waals surface area contributed by atoms with Crippen LogP contribution >= 0.6 is 0 Å². The molecule has 2 aromatic rings. The SMILES string of the molecule is COc1ccc(C(=O)Nc2ccc(N3CCOCC3=O)cc2)cc1. The summed E-state index contributed by atoms with van der Waals surface area (Å²) in [7, 11) is 1.58. The number of hydrogen-bond donors (Lipinski definition) is 1. The molecule has 0 aromatic heterocycles. The summed E-state index contributed by atoms with van der Waals surface area (Å²) in [6.45, 7) is 1.17. The van der Waals surface area contributed by atoms with Crippen molar-refractivity contribution in [3.8, 4) is 5.75 Å². The molecule has 6 heteroatoms. The second-order valence-corrected chi connectivity index (χ2v) is 5.33. The summed E-state index contributed by atoms with van der Waals surface area (Å²) >= 11 is 0. The van der Waals surface area contributed by atoms with Gasteiger partial charge in [0.15, 0.2) is 0 Å². The Balaban J connectivity index is 1.67. The molecule has 1 heterocycles. The Morgan fingerprint density at radius 1 is 1.12 bits per heavy atom. The lowest BCUT2D eigenvalue weighted by Crippen LogP contribution is -2.41. The van der Waals surface area contributed by atoms with E-state index in [-0.39, 0.29) is 18.4 Å². The standard InChI is InChI=1S/C18H18N2O4/c1-23-16-8-2-13(3-9-16)18(22)19-14-4-6-15(7-5-14)20-10-11-24-12-17(20)21/h2-9H,10-12H2,1H3,(H,19,22). The van der Waals surface area contributed by atoms with E-state index >= 15 is 0 Å². The van der Waals surface area contributed by atoms with Gasteiger partial charge in [0.05, 0.1) is 13.7 Å². The fourth-order valence-corrected chi connectivity index (χ4v) is 2.46. The molecule has 124 valence electrons. The lowest BCUT2D eigenvalue weighted by molar-refractivity contribution is -0.125. The molecule has 0 radical (unpaired) electrons. The van der Waals surface area contributed by atoms with Gasteiger partial charge in [0, 0.05) is 23.5 Å². The molecule has 0 bridgehead atoms. The topological polar surface area (TPSA) is 67.9 Å². The Bertz CT molecular complexity index is 726. The maximum absolute atomic E-state index is 12.2. The molecule has 1 fully saturated rings. The van der Waals surface area contributed by atoms with Gasteiger partial charge in [-0.05, 0) is 48.5 Å². The number of carbonyl (C=O) groups is 2. The van der Waals surface area contributed by atoms with Crippen molar-refractivity contribution in [1.82, 2.24) is 0 Å². The molecule has 0 aliphatic carbocycles. The van der Waals surface area contributed by atoms with Crippen LogP contribution in [0.5, 0.6) is 5.75 Å². The van der Waals surface area contributed by atoms with Gasteiger partial charge in [0.25, 0.3) is 11.8 Å². The van der Waals surface area contributed by atoms with Gasteiger partial charge in [-0.1, -0.05) is 0 Å². The third-order valence-electron chi connectivity index (χ3n) is 3.77. The zero-order chi connectivity index (χ0) is 16.9. The number of carbonyl (C=O) groups excluding carboxylic acids is 2. The third kappa shape index (κ3) is 3.55. The van der Waals surface area contributed by atoms with Gasteiger partial charge in [-0.25, -0.2) is 0 Å². The van der Waals surface area contributed by atoms with Crippen LogP contribution in [0.3, 0.4) is 0 Å². The number of hydrogen-bond acceptors (Lipinski definition) is 4. The van der Waals surface area contributed by atoms with Gasteiger partial charge in [0.2, 0.25) is 0 Å². The molecule has 6 nitrogen and oxygen atoms in total. The first-order valence-electron chi connectivity index (χ1n) is 7.61. The van der Waals surface area contributed by atoms with Crippen molar-refractivity contribution < 1.29 is 19.1 Å². The van der Waals surface area contributed by atoms with Crippen molar-refractivity contribution in [1.29, 1.82) is 0 Å². The van der Waals surface area contributed by atoms with E-state index in [0.717, 1.165) is 5.69 Å². The van der Waals surface area contributed by atoms with Crippen molar-refractivity contribution >= 4 is 23.2 Å². The Kier molecular flexibility index (Phi) is 4.77. The molecular formula is C18H18N2O4. The Hall–Kier alpha value is -2.86. The number of rotatable bonds is 4. The summed E-state index contributed by atoms with van der Waals surface area (Å²) in [5.41, 5.74) is 2.01. The highest BCUT2D eigenvalue weighted by molar-refractivity contribution is 6.04. The number of ether oxygens (including phenoxy) is 2. The van der Waals surface area contributed by atoms with Gasteiger partial charge in [-0.2, -0.15) is 0 Å². The molecule has 2 aromatic carbocycles. The Labute approximate surface area is 140 Å². The lowest BCUT2D eigenvalue weighted by Gasteiger charge is -2.26. The summed E-state index contributed by atoms with van der Waals surface area (Å²) < 4.78 is 10.2. The molecular weight excluding hydrogens is 308 g/mol. The molecule has 0 unspecified atom stereocenters. The number of morpholine rings is 1. The molecule has 0 atom stereocenters. The molecule has 1 saturated heterocycles. The highest BCUT2D eigenvalue weighted by Crippen LogP contribution is 2.20. The number of benzene rings is 2. The van der Waals surface area contributed by atoms with E-state index in [0.29, 0.717) is 30.2 Å². The smallest absolute Gasteiger partial charge is 0.255 e. The monoisotopic (exact) mass is 326 g/mol. The predicted molar refractivity (Wildman–Crippen MR) is 90.6 cm³/mol. The number of methoxy groups -OCH3 is 1. The molecule has 0 saturated carbocycles. The Morgan fingerprint density at radius 2 is 1.83 bits per heavy atom. The second-order valence-electron chi connectivity index (χ2n) is 5.33. The number of nitrogens with zero attached hydrogens (tertiary/aromatic N) is 1. The van der Waals surface area contributed by atoms with Gasteiger partial charge in [-0.3, -0.25) is 9.59 Å². The van der Waals surface area contributed by atoms with E-state index in [1.165, 1.54) is 0 Å². The van der Waals surface area contributed by atoms with Crippen molar-refractivity contribution in [2.75, 3.05) is 37.1 Å². The first-order valence-corrected chi connectivity index (χ1v) is 7.61. The van der Waals surface area contributed by atoms with Gasteiger partial charge < -0.3 is 19.7 Å². The first-order chi connectivity index (χ1) is 11.7. The van der Waals surface area contributed by atoms with Crippen LogP contribution in [0.2, 0.25) is 0 Å². The quantitative estimate of drug-likeness (QED) is 0.936. The van der Waals surface area contributed by atoms with E-state index in [4.69, 9.17) is 9.47 Å². The van der Waals surface area contributed by atoms with Crippen molar-refractivity contribution in [2.45, 2.75) is 0 Å². The summed E-state index contributed by atoms with van der Waals surface area (Å²) in [5, 5.41) is 2.83. The largest absolute Gasteiger partial charge is 0.497 e.